The van der Waals surface area contributed by atoms with Crippen LogP contribution in [-0.2, 0) is 4.74 Å². The van der Waals surface area contributed by atoms with Gasteiger partial charge in [-0.1, -0.05) is 18.2 Å². The first kappa shape index (κ1) is 21.2. The molecule has 0 unspecified atom stereocenters. The molecule has 4 heterocycles. The number of rotatable bonds is 5. The van der Waals surface area contributed by atoms with Gasteiger partial charge in [-0.05, 0) is 48.9 Å². The Morgan fingerprint density at radius 1 is 0.943 bits per heavy atom. The number of aromatic nitrogens is 6. The molecule has 35 heavy (non-hydrogen) atoms. The molecule has 0 bridgehead atoms. The summed E-state index contributed by atoms with van der Waals surface area (Å²) < 4.78 is 7.23. The number of fused-ring (bicyclic) bond motifs is 1. The van der Waals surface area contributed by atoms with Crippen molar-refractivity contribution in [2.24, 2.45) is 0 Å². The molecule has 174 valence electrons. The van der Waals surface area contributed by atoms with Crippen molar-refractivity contribution in [3.05, 3.63) is 79.1 Å². The van der Waals surface area contributed by atoms with Crippen LogP contribution in [0.1, 0.15) is 5.82 Å². The number of hydrogen-bond donors (Lipinski definition) is 1. The van der Waals surface area contributed by atoms with Gasteiger partial charge < -0.3 is 15.0 Å². The van der Waals surface area contributed by atoms with E-state index in [2.05, 4.69) is 42.4 Å². The molecule has 3 aromatic heterocycles. The minimum absolute atomic E-state index is 0.539. The standard InChI is InChI=1S/C26H24N8O/c1-18-29-17-34(32-18)22-7-5-21(6-8-22)30-26-28-16-20-3-2-4-23(25(20)31-26)19-9-10-27-24(15-19)33-11-13-35-14-12-33/h2-10,15-17H,11-14H2,1H3,(H,28,30,31). The Balaban J connectivity index is 1.30. The molecule has 0 radical (unpaired) electrons. The van der Waals surface area contributed by atoms with E-state index in [9.17, 15) is 0 Å². The number of hydrogen-bond acceptors (Lipinski definition) is 8. The van der Waals surface area contributed by atoms with E-state index in [1.807, 2.05) is 61.8 Å². The van der Waals surface area contributed by atoms with Crippen molar-refractivity contribution < 1.29 is 4.74 Å². The molecule has 1 aliphatic rings. The summed E-state index contributed by atoms with van der Waals surface area (Å²) in [6.45, 7) is 5.01. The maximum Gasteiger partial charge on any atom is 0.227 e. The van der Waals surface area contributed by atoms with E-state index in [1.54, 1.807) is 11.0 Å². The Morgan fingerprint density at radius 3 is 2.60 bits per heavy atom. The first-order valence-corrected chi connectivity index (χ1v) is 11.5. The zero-order chi connectivity index (χ0) is 23.6. The van der Waals surface area contributed by atoms with Gasteiger partial charge in [-0.3, -0.25) is 0 Å². The molecule has 5 aromatic rings. The number of nitrogens with one attached hydrogen (secondary N) is 1. The third-order valence-corrected chi connectivity index (χ3v) is 6.00. The summed E-state index contributed by atoms with van der Waals surface area (Å²) >= 11 is 0. The molecule has 0 amide bonds. The van der Waals surface area contributed by atoms with Gasteiger partial charge in [0.2, 0.25) is 5.95 Å². The van der Waals surface area contributed by atoms with Gasteiger partial charge in [-0.25, -0.2) is 24.6 Å². The number of morpholine rings is 1. The highest BCUT2D eigenvalue weighted by Gasteiger charge is 2.14. The molecule has 0 atom stereocenters. The predicted octanol–water partition coefficient (Wildman–Crippen LogP) is 4.16. The Kier molecular flexibility index (Phi) is 5.51. The van der Waals surface area contributed by atoms with Crippen molar-refractivity contribution >= 4 is 28.4 Å². The summed E-state index contributed by atoms with van der Waals surface area (Å²) in [5, 5.41) is 8.65. The second kappa shape index (κ2) is 9.11. The van der Waals surface area contributed by atoms with E-state index in [0.717, 1.165) is 71.4 Å². The number of aryl methyl sites for hydroxylation is 1. The fourth-order valence-corrected chi connectivity index (χ4v) is 4.20. The van der Waals surface area contributed by atoms with Gasteiger partial charge in [-0.15, -0.1) is 0 Å². The number of para-hydroxylation sites is 1. The number of anilines is 3. The van der Waals surface area contributed by atoms with Crippen LogP contribution in [0.15, 0.2) is 73.3 Å². The van der Waals surface area contributed by atoms with Crippen LogP contribution in [0.25, 0.3) is 27.7 Å². The number of nitrogens with zero attached hydrogens (tertiary/aromatic N) is 7. The van der Waals surface area contributed by atoms with Crippen molar-refractivity contribution in [1.82, 2.24) is 29.7 Å². The second-order valence-corrected chi connectivity index (χ2v) is 8.35. The zero-order valence-corrected chi connectivity index (χ0v) is 19.3. The van der Waals surface area contributed by atoms with Crippen molar-refractivity contribution in [3.8, 4) is 16.8 Å². The van der Waals surface area contributed by atoms with Crippen LogP contribution < -0.4 is 10.2 Å². The first-order valence-electron chi connectivity index (χ1n) is 11.5. The lowest BCUT2D eigenvalue weighted by molar-refractivity contribution is 0.122. The lowest BCUT2D eigenvalue weighted by Crippen LogP contribution is -2.36. The van der Waals surface area contributed by atoms with Gasteiger partial charge in [0, 0.05) is 42.1 Å². The Morgan fingerprint density at radius 2 is 1.80 bits per heavy atom. The lowest BCUT2D eigenvalue weighted by Gasteiger charge is -2.28. The molecule has 0 saturated carbocycles. The van der Waals surface area contributed by atoms with Gasteiger partial charge in [0.1, 0.15) is 18.0 Å². The summed E-state index contributed by atoms with van der Waals surface area (Å²) in [4.78, 5) is 20.4. The van der Waals surface area contributed by atoms with Crippen LogP contribution in [0.2, 0.25) is 0 Å². The number of benzene rings is 2. The van der Waals surface area contributed by atoms with E-state index in [-0.39, 0.29) is 0 Å². The van der Waals surface area contributed by atoms with E-state index in [1.165, 1.54) is 0 Å². The molecule has 1 aliphatic heterocycles. The molecule has 6 rings (SSSR count). The van der Waals surface area contributed by atoms with Crippen LogP contribution in [0.3, 0.4) is 0 Å². The summed E-state index contributed by atoms with van der Waals surface area (Å²) in [5.41, 5.74) is 4.83. The molecule has 9 nitrogen and oxygen atoms in total. The van der Waals surface area contributed by atoms with Crippen molar-refractivity contribution in [2.45, 2.75) is 6.92 Å². The minimum atomic E-state index is 0.539. The van der Waals surface area contributed by atoms with Crippen molar-refractivity contribution in [3.63, 3.8) is 0 Å². The van der Waals surface area contributed by atoms with Gasteiger partial charge in [-0.2, -0.15) is 5.10 Å². The third kappa shape index (κ3) is 4.41. The Bertz CT molecular complexity index is 1470. The lowest BCUT2D eigenvalue weighted by atomic mass is 10.0. The number of ether oxygens (including phenoxy) is 1. The molecule has 1 N–H and O–H groups in total. The topological polar surface area (TPSA) is 93.9 Å². The highest BCUT2D eigenvalue weighted by Crippen LogP contribution is 2.30. The molecule has 9 heteroatoms. The molecule has 2 aromatic carbocycles. The highest BCUT2D eigenvalue weighted by atomic mass is 16.5. The normalized spacial score (nSPS) is 13.8. The second-order valence-electron chi connectivity index (χ2n) is 8.35. The SMILES string of the molecule is Cc1ncn(-c2ccc(Nc3ncc4cccc(-c5ccnc(N6CCOCC6)c5)c4n3)cc2)n1. The van der Waals surface area contributed by atoms with Crippen LogP contribution >= 0.6 is 0 Å². The molecule has 0 spiro atoms. The summed E-state index contributed by atoms with van der Waals surface area (Å²) in [6, 6.07) is 18.2. The van der Waals surface area contributed by atoms with Gasteiger partial charge >= 0.3 is 0 Å². The maximum absolute atomic E-state index is 5.49. The highest BCUT2D eigenvalue weighted by molar-refractivity contribution is 5.94. The fourth-order valence-electron chi connectivity index (χ4n) is 4.20. The van der Waals surface area contributed by atoms with Gasteiger partial charge in [0.25, 0.3) is 0 Å². The molecule has 1 saturated heterocycles. The predicted molar refractivity (Wildman–Crippen MR) is 135 cm³/mol. The Hall–Kier alpha value is -4.37. The summed E-state index contributed by atoms with van der Waals surface area (Å²) in [5.74, 6) is 2.23. The molecule has 0 aliphatic carbocycles. The minimum Gasteiger partial charge on any atom is -0.378 e. The van der Waals surface area contributed by atoms with Crippen LogP contribution in [0.4, 0.5) is 17.5 Å². The molecular weight excluding hydrogens is 440 g/mol. The summed E-state index contributed by atoms with van der Waals surface area (Å²) in [7, 11) is 0. The quantitative estimate of drug-likeness (QED) is 0.414. The van der Waals surface area contributed by atoms with E-state index >= 15 is 0 Å². The Labute approximate surface area is 202 Å². The van der Waals surface area contributed by atoms with Crippen LogP contribution in [-0.4, -0.2) is 56.0 Å². The summed E-state index contributed by atoms with van der Waals surface area (Å²) in [6.07, 6.45) is 5.41. The number of pyridine rings is 1. The van der Waals surface area contributed by atoms with Gasteiger partial charge in [0.05, 0.1) is 24.4 Å². The third-order valence-electron chi connectivity index (χ3n) is 6.00. The van der Waals surface area contributed by atoms with Crippen molar-refractivity contribution in [2.75, 3.05) is 36.5 Å². The maximum atomic E-state index is 5.49. The molecule has 1 fully saturated rings. The molecular formula is C26H24N8O. The van der Waals surface area contributed by atoms with Crippen LogP contribution in [0.5, 0.6) is 0 Å². The smallest absolute Gasteiger partial charge is 0.227 e. The van der Waals surface area contributed by atoms with E-state index < -0.39 is 0 Å². The monoisotopic (exact) mass is 464 g/mol. The van der Waals surface area contributed by atoms with Crippen molar-refractivity contribution in [1.29, 1.82) is 0 Å². The fraction of sp³-hybridized carbons (Fsp3) is 0.192. The largest absolute Gasteiger partial charge is 0.378 e. The van der Waals surface area contributed by atoms with Crippen LogP contribution in [0, 0.1) is 6.92 Å². The van der Waals surface area contributed by atoms with E-state index in [4.69, 9.17) is 9.72 Å². The van der Waals surface area contributed by atoms with Gasteiger partial charge in [0.15, 0.2) is 0 Å². The average Bonchev–Trinajstić information content (AvgIpc) is 3.35. The average molecular weight is 465 g/mol. The zero-order valence-electron chi connectivity index (χ0n) is 19.3. The first-order chi connectivity index (χ1) is 17.2. The van der Waals surface area contributed by atoms with E-state index in [0.29, 0.717) is 5.95 Å².